The van der Waals surface area contributed by atoms with Gasteiger partial charge in [-0.1, -0.05) is 30.9 Å². The largest absolute Gasteiger partial charge is 0.0741 e. The molecule has 0 nitrogen and oxygen atoms in total. The molecule has 0 heteroatoms. The second-order valence-corrected chi connectivity index (χ2v) is 4.05. The number of hydrogen-bond donors (Lipinski definition) is 0. The van der Waals surface area contributed by atoms with Crippen LogP contribution >= 0.6 is 0 Å². The third-order valence-corrected chi connectivity index (χ3v) is 2.97. The molecule has 0 aromatic rings. The van der Waals surface area contributed by atoms with Crippen LogP contribution in [0.1, 0.15) is 65.2 Å². The summed E-state index contributed by atoms with van der Waals surface area (Å²) in [6.07, 6.45) is 11.2. The summed E-state index contributed by atoms with van der Waals surface area (Å²) in [5.74, 6) is 0. The van der Waals surface area contributed by atoms with E-state index in [0.717, 1.165) is 0 Å². The van der Waals surface area contributed by atoms with Gasteiger partial charge in [0, 0.05) is 0 Å². The van der Waals surface area contributed by atoms with E-state index in [-0.39, 0.29) is 0 Å². The van der Waals surface area contributed by atoms with Crippen molar-refractivity contribution in [3.05, 3.63) is 11.1 Å². The van der Waals surface area contributed by atoms with Gasteiger partial charge in [-0.05, 0) is 45.4 Å². The summed E-state index contributed by atoms with van der Waals surface area (Å²) in [7, 11) is 0. The molecule has 0 aromatic carbocycles. The molecule has 0 unspecified atom stereocenters. The van der Waals surface area contributed by atoms with Gasteiger partial charge in [0.2, 0.25) is 0 Å². The maximum Gasteiger partial charge on any atom is -0.0318 e. The minimum atomic E-state index is 1.34. The lowest BCUT2D eigenvalue weighted by Gasteiger charge is -2.16. The van der Waals surface area contributed by atoms with E-state index in [1.165, 1.54) is 51.4 Å². The third-order valence-electron chi connectivity index (χ3n) is 2.97. The number of allylic oxidation sites excluding steroid dienone is 2. The monoisotopic (exact) mass is 166 g/mol. The van der Waals surface area contributed by atoms with Gasteiger partial charge in [0.1, 0.15) is 0 Å². The van der Waals surface area contributed by atoms with Crippen molar-refractivity contribution in [3.63, 3.8) is 0 Å². The van der Waals surface area contributed by atoms with Gasteiger partial charge in [-0.25, -0.2) is 0 Å². The molecule has 1 aliphatic rings. The van der Waals surface area contributed by atoms with E-state index in [9.17, 15) is 0 Å². The lowest BCUT2D eigenvalue weighted by molar-refractivity contribution is 0.587. The Morgan fingerprint density at radius 3 is 2.42 bits per heavy atom. The van der Waals surface area contributed by atoms with Gasteiger partial charge in [-0.3, -0.25) is 0 Å². The van der Waals surface area contributed by atoms with Crippen molar-refractivity contribution in [3.8, 4) is 0 Å². The van der Waals surface area contributed by atoms with Gasteiger partial charge in [0.25, 0.3) is 0 Å². The predicted molar refractivity (Wildman–Crippen MR) is 55.3 cm³/mol. The second-order valence-electron chi connectivity index (χ2n) is 4.05. The van der Waals surface area contributed by atoms with Crippen molar-refractivity contribution in [2.75, 3.05) is 0 Å². The maximum atomic E-state index is 2.34. The van der Waals surface area contributed by atoms with Crippen LogP contribution < -0.4 is 0 Å². The molecular weight excluding hydrogens is 144 g/mol. The van der Waals surface area contributed by atoms with Crippen LogP contribution in [0.3, 0.4) is 0 Å². The molecule has 0 atom stereocenters. The van der Waals surface area contributed by atoms with Crippen LogP contribution in [-0.2, 0) is 0 Å². The topological polar surface area (TPSA) is 0 Å². The molecule has 0 aromatic heterocycles. The highest BCUT2D eigenvalue weighted by molar-refractivity contribution is 5.13. The Hall–Kier alpha value is -0.260. The molecular formula is C12H22. The Labute approximate surface area is 77.1 Å². The fourth-order valence-corrected chi connectivity index (χ4v) is 2.02. The highest BCUT2D eigenvalue weighted by Gasteiger charge is 2.07. The van der Waals surface area contributed by atoms with Crippen LogP contribution in [0.25, 0.3) is 0 Å². The first-order valence-electron chi connectivity index (χ1n) is 5.52. The van der Waals surface area contributed by atoms with Crippen molar-refractivity contribution in [2.45, 2.75) is 65.2 Å². The first-order chi connectivity index (χ1) is 5.84. The molecule has 12 heavy (non-hydrogen) atoms. The van der Waals surface area contributed by atoms with Crippen molar-refractivity contribution in [1.82, 2.24) is 0 Å². The molecule has 1 fully saturated rings. The van der Waals surface area contributed by atoms with E-state index in [0.29, 0.717) is 0 Å². The van der Waals surface area contributed by atoms with Gasteiger partial charge >= 0.3 is 0 Å². The smallest absolute Gasteiger partial charge is 0.0318 e. The molecule has 1 aliphatic carbocycles. The number of rotatable bonds is 3. The van der Waals surface area contributed by atoms with Crippen molar-refractivity contribution in [1.29, 1.82) is 0 Å². The van der Waals surface area contributed by atoms with E-state index in [4.69, 9.17) is 0 Å². The van der Waals surface area contributed by atoms with Crippen LogP contribution in [-0.4, -0.2) is 0 Å². The average Bonchev–Trinajstić information content (AvgIpc) is 2.15. The van der Waals surface area contributed by atoms with Crippen molar-refractivity contribution >= 4 is 0 Å². The highest BCUT2D eigenvalue weighted by atomic mass is 14.1. The Balaban J connectivity index is 2.37. The number of unbranched alkanes of at least 4 members (excludes halogenated alkanes) is 1. The minimum absolute atomic E-state index is 1.34. The highest BCUT2D eigenvalue weighted by Crippen LogP contribution is 2.27. The average molecular weight is 166 g/mol. The summed E-state index contributed by atoms with van der Waals surface area (Å²) >= 11 is 0. The summed E-state index contributed by atoms with van der Waals surface area (Å²) in [6.45, 7) is 4.62. The van der Waals surface area contributed by atoms with Crippen LogP contribution in [0.4, 0.5) is 0 Å². The summed E-state index contributed by atoms with van der Waals surface area (Å²) in [5.41, 5.74) is 3.49. The molecule has 0 aliphatic heterocycles. The lowest BCUT2D eigenvalue weighted by atomic mass is 9.90. The zero-order chi connectivity index (χ0) is 8.81. The molecule has 70 valence electrons. The van der Waals surface area contributed by atoms with E-state index in [1.54, 1.807) is 11.1 Å². The third kappa shape index (κ3) is 3.00. The minimum Gasteiger partial charge on any atom is -0.0741 e. The molecule has 0 spiro atoms. The fraction of sp³-hybridized carbons (Fsp3) is 0.833. The van der Waals surface area contributed by atoms with Gasteiger partial charge in [0.05, 0.1) is 0 Å². The Morgan fingerprint density at radius 2 is 1.83 bits per heavy atom. The first-order valence-corrected chi connectivity index (χ1v) is 5.52. The van der Waals surface area contributed by atoms with Crippen LogP contribution in [0.15, 0.2) is 11.1 Å². The molecule has 1 rings (SSSR count). The summed E-state index contributed by atoms with van der Waals surface area (Å²) in [5, 5.41) is 0. The van der Waals surface area contributed by atoms with Gasteiger partial charge in [0.15, 0.2) is 0 Å². The second kappa shape index (κ2) is 5.40. The summed E-state index contributed by atoms with van der Waals surface area (Å²) in [4.78, 5) is 0. The molecule has 0 bridgehead atoms. The SMILES string of the molecule is CCCCC(C)=C1CCCCC1. The van der Waals surface area contributed by atoms with E-state index in [2.05, 4.69) is 13.8 Å². The van der Waals surface area contributed by atoms with Crippen LogP contribution in [0, 0.1) is 0 Å². The predicted octanol–water partition coefficient (Wildman–Crippen LogP) is 4.46. The van der Waals surface area contributed by atoms with Gasteiger partial charge < -0.3 is 0 Å². The van der Waals surface area contributed by atoms with Crippen LogP contribution in [0.2, 0.25) is 0 Å². The molecule has 0 saturated heterocycles. The fourth-order valence-electron chi connectivity index (χ4n) is 2.02. The Bertz CT molecular complexity index is 145. The lowest BCUT2D eigenvalue weighted by Crippen LogP contribution is -1.97. The van der Waals surface area contributed by atoms with Gasteiger partial charge in [-0.15, -0.1) is 0 Å². The Kier molecular flexibility index (Phi) is 4.42. The normalized spacial score (nSPS) is 18.0. The summed E-state index contributed by atoms with van der Waals surface area (Å²) < 4.78 is 0. The standard InChI is InChI=1S/C12H22/c1-3-4-8-11(2)12-9-6-5-7-10-12/h3-10H2,1-2H3. The molecule has 0 amide bonds. The van der Waals surface area contributed by atoms with E-state index in [1.807, 2.05) is 0 Å². The van der Waals surface area contributed by atoms with E-state index >= 15 is 0 Å². The van der Waals surface area contributed by atoms with Crippen LogP contribution in [0.5, 0.6) is 0 Å². The van der Waals surface area contributed by atoms with Crippen molar-refractivity contribution < 1.29 is 0 Å². The zero-order valence-electron chi connectivity index (χ0n) is 8.66. The maximum absolute atomic E-state index is 2.34. The van der Waals surface area contributed by atoms with Gasteiger partial charge in [-0.2, -0.15) is 0 Å². The quantitative estimate of drug-likeness (QED) is 0.543. The van der Waals surface area contributed by atoms with E-state index < -0.39 is 0 Å². The zero-order valence-corrected chi connectivity index (χ0v) is 8.66. The molecule has 1 saturated carbocycles. The summed E-state index contributed by atoms with van der Waals surface area (Å²) in [6, 6.07) is 0. The number of hydrogen-bond acceptors (Lipinski definition) is 0. The molecule has 0 N–H and O–H groups in total. The first kappa shape index (κ1) is 9.83. The molecule has 0 radical (unpaired) electrons. The van der Waals surface area contributed by atoms with Crippen molar-refractivity contribution in [2.24, 2.45) is 0 Å². The molecule has 0 heterocycles. The Morgan fingerprint density at radius 1 is 1.17 bits per heavy atom.